The summed E-state index contributed by atoms with van der Waals surface area (Å²) in [6.07, 6.45) is 11.4. The Kier molecular flexibility index (Phi) is 5.72. The number of halogens is 1. The number of fused-ring (bicyclic) bond motifs is 9. The van der Waals surface area contributed by atoms with Gasteiger partial charge < -0.3 is 10.2 Å². The third kappa shape index (κ3) is 2.99. The second-order valence-electron chi connectivity index (χ2n) is 12.9. The molecule has 12 atom stereocenters. The molecular weight excluding hydrogens is 497 g/mol. The Hall–Kier alpha value is 0.350. The van der Waals surface area contributed by atoms with E-state index in [2.05, 4.69) is 38.7 Å². The van der Waals surface area contributed by atoms with Crippen molar-refractivity contribution in [3.05, 3.63) is 11.6 Å². The second kappa shape index (κ2) is 7.68. The van der Waals surface area contributed by atoms with Crippen LogP contribution in [0.5, 0.6) is 0 Å². The number of aliphatic hydroxyl groups is 2. The van der Waals surface area contributed by atoms with Gasteiger partial charge in [0.05, 0.1) is 12.2 Å². The predicted octanol–water partition coefficient (Wildman–Crippen LogP) is 5.24. The van der Waals surface area contributed by atoms with Gasteiger partial charge in [-0.1, -0.05) is 39.3 Å². The minimum Gasteiger partial charge on any atom is -0.393 e. The summed E-state index contributed by atoms with van der Waals surface area (Å²) in [5.41, 5.74) is 1.80. The molecule has 176 valence electrons. The van der Waals surface area contributed by atoms with E-state index in [9.17, 15) is 10.2 Å². The van der Waals surface area contributed by atoms with Gasteiger partial charge in [-0.2, -0.15) is 0 Å². The number of allylic oxidation sites excluding steroid dienone is 1. The smallest absolute Gasteiger partial charge is 0.0603 e. The van der Waals surface area contributed by atoms with Crippen LogP contribution in [0.4, 0.5) is 0 Å². The van der Waals surface area contributed by atoms with Crippen molar-refractivity contribution in [2.75, 3.05) is 6.54 Å². The fraction of sp³-hybridized carbons (Fsp3) is 0.926. The molecule has 0 aromatic carbocycles. The van der Waals surface area contributed by atoms with Crippen LogP contribution in [-0.4, -0.2) is 45.9 Å². The zero-order valence-electron chi connectivity index (χ0n) is 20.0. The first-order valence-electron chi connectivity index (χ1n) is 13.1. The van der Waals surface area contributed by atoms with Gasteiger partial charge in [0.15, 0.2) is 0 Å². The molecule has 6 aliphatic rings. The molecular formula is C27H44INO2. The van der Waals surface area contributed by atoms with Gasteiger partial charge in [0, 0.05) is 24.0 Å². The molecule has 0 spiro atoms. The van der Waals surface area contributed by atoms with Crippen molar-refractivity contribution < 1.29 is 10.2 Å². The predicted molar refractivity (Wildman–Crippen MR) is 135 cm³/mol. The number of hydrogen-bond donors (Lipinski definition) is 2. The lowest BCUT2D eigenvalue weighted by Crippen LogP contribution is -2.57. The van der Waals surface area contributed by atoms with Gasteiger partial charge in [0.25, 0.3) is 0 Å². The second-order valence-corrected chi connectivity index (χ2v) is 12.9. The number of nitrogens with zero attached hydrogens (tertiary/aromatic N) is 1. The molecule has 3 nitrogen and oxygen atoms in total. The summed E-state index contributed by atoms with van der Waals surface area (Å²) in [6, 6.07) is 1.46. The van der Waals surface area contributed by atoms with Crippen molar-refractivity contribution in [3.63, 3.8) is 0 Å². The van der Waals surface area contributed by atoms with Crippen molar-refractivity contribution in [1.29, 1.82) is 0 Å². The lowest BCUT2D eigenvalue weighted by molar-refractivity contribution is -0.135. The SMILES string of the molecule is C[C@H]1CC[C@@H]2[C@@H](C)[C@H]3[C@H](C[C@H]4[C@@H]5CC=C6C[C@@H](O)CC[C@]6(C)[C@H]5C[C@H](O)[C@]34C)N2C1.I. The first-order chi connectivity index (χ1) is 14.2. The van der Waals surface area contributed by atoms with Gasteiger partial charge in [-0.05, 0) is 92.3 Å². The van der Waals surface area contributed by atoms with Crippen LogP contribution >= 0.6 is 24.0 Å². The third-order valence-electron chi connectivity index (χ3n) is 11.8. The van der Waals surface area contributed by atoms with E-state index in [0.29, 0.717) is 23.8 Å². The summed E-state index contributed by atoms with van der Waals surface area (Å²) < 4.78 is 0. The molecule has 0 aromatic rings. The average molecular weight is 542 g/mol. The first-order valence-corrected chi connectivity index (χ1v) is 13.1. The van der Waals surface area contributed by atoms with Crippen molar-refractivity contribution in [1.82, 2.24) is 4.90 Å². The Morgan fingerprint density at radius 2 is 1.77 bits per heavy atom. The fourth-order valence-corrected chi connectivity index (χ4v) is 10.3. The molecule has 0 aromatic heterocycles. The van der Waals surface area contributed by atoms with E-state index in [-0.39, 0.29) is 47.0 Å². The van der Waals surface area contributed by atoms with E-state index in [1.807, 2.05) is 0 Å². The number of aliphatic hydroxyl groups excluding tert-OH is 2. The van der Waals surface area contributed by atoms with E-state index in [4.69, 9.17) is 0 Å². The largest absolute Gasteiger partial charge is 0.393 e. The Morgan fingerprint density at radius 1 is 1.00 bits per heavy atom. The summed E-state index contributed by atoms with van der Waals surface area (Å²) in [4.78, 5) is 2.91. The summed E-state index contributed by atoms with van der Waals surface area (Å²) in [5.74, 6) is 4.19. The van der Waals surface area contributed by atoms with Gasteiger partial charge in [-0.15, -0.1) is 24.0 Å². The lowest BCUT2D eigenvalue weighted by Gasteiger charge is -2.60. The van der Waals surface area contributed by atoms with E-state index < -0.39 is 0 Å². The maximum atomic E-state index is 11.8. The molecule has 0 unspecified atom stereocenters. The highest BCUT2D eigenvalue weighted by atomic mass is 127. The van der Waals surface area contributed by atoms with E-state index in [1.54, 1.807) is 0 Å². The average Bonchev–Trinajstić information content (AvgIpc) is 3.17. The summed E-state index contributed by atoms with van der Waals surface area (Å²) in [5, 5.41) is 22.1. The zero-order chi connectivity index (χ0) is 21.0. The standard InChI is InChI=1S/C27H43NO2.HI/c1-15-5-8-22-16(2)25-23(28(22)14-15)12-21-19-7-6-17-11-18(29)9-10-26(17,3)20(19)13-24(30)27(21,25)4;/h6,15-16,18-25,29-30H,5,7-14H2,1-4H3;1H/t15-,16+,18-,19+,20-,21-,22+,23-,24-,25-,26-,27+;/m0./s1. The van der Waals surface area contributed by atoms with Gasteiger partial charge in [0.1, 0.15) is 0 Å². The van der Waals surface area contributed by atoms with Crippen LogP contribution in [0.3, 0.4) is 0 Å². The molecule has 4 heteroatoms. The van der Waals surface area contributed by atoms with Crippen LogP contribution < -0.4 is 0 Å². The van der Waals surface area contributed by atoms with Gasteiger partial charge in [-0.25, -0.2) is 0 Å². The molecule has 31 heavy (non-hydrogen) atoms. The number of hydrogen-bond acceptors (Lipinski definition) is 3. The highest BCUT2D eigenvalue weighted by Gasteiger charge is 2.69. The molecule has 3 saturated carbocycles. The Bertz CT molecular complexity index is 756. The molecule has 2 heterocycles. The first kappa shape index (κ1) is 23.1. The maximum Gasteiger partial charge on any atom is 0.0603 e. The Balaban J connectivity index is 0.00000204. The fourth-order valence-electron chi connectivity index (χ4n) is 10.3. The van der Waals surface area contributed by atoms with Gasteiger partial charge in [-0.3, -0.25) is 4.90 Å². The molecule has 0 radical (unpaired) electrons. The molecule has 2 N–H and O–H groups in total. The topological polar surface area (TPSA) is 43.7 Å². The summed E-state index contributed by atoms with van der Waals surface area (Å²) in [6.45, 7) is 11.2. The van der Waals surface area contributed by atoms with Crippen LogP contribution in [0.15, 0.2) is 11.6 Å². The van der Waals surface area contributed by atoms with Crippen molar-refractivity contribution in [2.45, 2.75) is 103 Å². The van der Waals surface area contributed by atoms with Crippen LogP contribution in [0.2, 0.25) is 0 Å². The van der Waals surface area contributed by atoms with Crippen LogP contribution in [0, 0.1) is 46.3 Å². The van der Waals surface area contributed by atoms with Gasteiger partial charge >= 0.3 is 0 Å². The normalized spacial score (nSPS) is 58.2. The maximum absolute atomic E-state index is 11.8. The highest BCUT2D eigenvalue weighted by Crippen LogP contribution is 2.69. The summed E-state index contributed by atoms with van der Waals surface area (Å²) >= 11 is 0. The van der Waals surface area contributed by atoms with Crippen molar-refractivity contribution >= 4 is 24.0 Å². The molecule has 0 amide bonds. The molecule has 2 aliphatic heterocycles. The van der Waals surface area contributed by atoms with Crippen molar-refractivity contribution in [2.24, 2.45) is 46.3 Å². The number of piperidine rings is 1. The number of rotatable bonds is 0. The minimum atomic E-state index is -0.164. The van der Waals surface area contributed by atoms with E-state index in [1.165, 1.54) is 37.8 Å². The monoisotopic (exact) mass is 541 g/mol. The van der Waals surface area contributed by atoms with E-state index >= 15 is 0 Å². The zero-order valence-corrected chi connectivity index (χ0v) is 22.3. The molecule has 6 rings (SSSR count). The van der Waals surface area contributed by atoms with Gasteiger partial charge in [0.2, 0.25) is 0 Å². The third-order valence-corrected chi connectivity index (χ3v) is 11.8. The lowest BCUT2D eigenvalue weighted by atomic mass is 9.46. The van der Waals surface area contributed by atoms with Crippen LogP contribution in [0.1, 0.15) is 79.1 Å². The quantitative estimate of drug-likeness (QED) is 0.326. The van der Waals surface area contributed by atoms with Crippen molar-refractivity contribution in [3.8, 4) is 0 Å². The summed E-state index contributed by atoms with van der Waals surface area (Å²) in [7, 11) is 0. The van der Waals surface area contributed by atoms with Crippen LogP contribution in [0.25, 0.3) is 0 Å². The van der Waals surface area contributed by atoms with Crippen LogP contribution in [-0.2, 0) is 0 Å². The minimum absolute atomic E-state index is 0. The molecule has 0 bridgehead atoms. The Labute approximate surface area is 206 Å². The molecule has 4 aliphatic carbocycles. The Morgan fingerprint density at radius 3 is 2.55 bits per heavy atom. The molecule has 5 fully saturated rings. The van der Waals surface area contributed by atoms with E-state index in [0.717, 1.165) is 49.5 Å². The molecule has 2 saturated heterocycles. The highest BCUT2D eigenvalue weighted by molar-refractivity contribution is 14.0.